The van der Waals surface area contributed by atoms with E-state index < -0.39 is 11.0 Å². The Bertz CT molecular complexity index is 386. The molecule has 0 aliphatic heterocycles. The van der Waals surface area contributed by atoms with Crippen molar-refractivity contribution < 1.29 is 14.3 Å². The second kappa shape index (κ2) is 11.4. The van der Waals surface area contributed by atoms with Crippen molar-refractivity contribution in [1.82, 2.24) is 5.32 Å². The summed E-state index contributed by atoms with van der Waals surface area (Å²) in [6, 6.07) is 0. The van der Waals surface area contributed by atoms with E-state index in [-0.39, 0.29) is 12.4 Å². The number of aldehydes is 1. The summed E-state index contributed by atoms with van der Waals surface area (Å²) >= 11 is 0. The molecule has 0 radical (unpaired) electrons. The second-order valence-corrected chi connectivity index (χ2v) is 9.76. The molecule has 0 bridgehead atoms. The van der Waals surface area contributed by atoms with Gasteiger partial charge < -0.3 is 20.6 Å². The highest BCUT2D eigenvalue weighted by atomic mass is 33.1. The summed E-state index contributed by atoms with van der Waals surface area (Å²) in [7, 11) is 3.57. The Balaban J connectivity index is 2.26. The van der Waals surface area contributed by atoms with Crippen molar-refractivity contribution in [1.29, 1.82) is 0 Å². The highest BCUT2D eigenvalue weighted by Gasteiger charge is 2.36. The minimum Gasteiger partial charge on any atom is -0.458 e. The molecule has 0 heterocycles. The van der Waals surface area contributed by atoms with Gasteiger partial charge in [-0.3, -0.25) is 4.79 Å². The molecule has 5 nitrogen and oxygen atoms in total. The summed E-state index contributed by atoms with van der Waals surface area (Å²) in [4.78, 5) is 23.7. The molecule has 1 saturated carbocycles. The SMILES string of the molecule is CC(C)(CNCCSSCCN)OC(=O)CC1(C=O)CCCCC1. The zero-order chi connectivity index (χ0) is 17.9. The minimum atomic E-state index is -0.565. The third kappa shape index (κ3) is 8.74. The molecular weight excluding hydrogens is 344 g/mol. The molecule has 0 aromatic carbocycles. The lowest BCUT2D eigenvalue weighted by Gasteiger charge is -2.33. The Hall–Kier alpha value is -0.240. The third-order valence-corrected chi connectivity index (χ3v) is 6.62. The number of ether oxygens (including phenoxy) is 1. The van der Waals surface area contributed by atoms with Gasteiger partial charge in [0, 0.05) is 36.6 Å². The maximum absolute atomic E-state index is 12.3. The average Bonchev–Trinajstić information content (AvgIpc) is 2.54. The molecule has 24 heavy (non-hydrogen) atoms. The van der Waals surface area contributed by atoms with Crippen LogP contribution in [0.5, 0.6) is 0 Å². The van der Waals surface area contributed by atoms with Crippen molar-refractivity contribution in [2.24, 2.45) is 11.1 Å². The number of esters is 1. The van der Waals surface area contributed by atoms with Gasteiger partial charge in [0.1, 0.15) is 11.9 Å². The van der Waals surface area contributed by atoms with Crippen LogP contribution >= 0.6 is 21.6 Å². The molecule has 0 unspecified atom stereocenters. The van der Waals surface area contributed by atoms with Crippen LogP contribution in [-0.2, 0) is 14.3 Å². The van der Waals surface area contributed by atoms with Gasteiger partial charge in [0.25, 0.3) is 0 Å². The van der Waals surface area contributed by atoms with Crippen LogP contribution in [0.2, 0.25) is 0 Å². The number of nitrogens with one attached hydrogen (secondary N) is 1. The number of carbonyl (C=O) groups excluding carboxylic acids is 2. The zero-order valence-corrected chi connectivity index (χ0v) is 16.6. The summed E-state index contributed by atoms with van der Waals surface area (Å²) in [5.74, 6) is 1.69. The number of rotatable bonds is 12. The highest BCUT2D eigenvalue weighted by Crippen LogP contribution is 2.38. The molecule has 3 N–H and O–H groups in total. The van der Waals surface area contributed by atoms with E-state index in [2.05, 4.69) is 5.32 Å². The van der Waals surface area contributed by atoms with E-state index in [1.54, 1.807) is 21.6 Å². The van der Waals surface area contributed by atoms with Crippen LogP contribution in [0, 0.1) is 5.41 Å². The quantitative estimate of drug-likeness (QED) is 0.235. The lowest BCUT2D eigenvalue weighted by Crippen LogP contribution is -2.41. The Kier molecular flexibility index (Phi) is 10.3. The fourth-order valence-corrected chi connectivity index (χ4v) is 4.73. The first-order chi connectivity index (χ1) is 11.4. The van der Waals surface area contributed by atoms with Crippen LogP contribution in [0.4, 0.5) is 0 Å². The number of hydrogen-bond donors (Lipinski definition) is 2. The lowest BCUT2D eigenvalue weighted by molar-refractivity contribution is -0.160. The molecule has 1 aliphatic carbocycles. The molecule has 1 fully saturated rings. The van der Waals surface area contributed by atoms with Crippen LogP contribution in [-0.4, -0.2) is 49.0 Å². The summed E-state index contributed by atoms with van der Waals surface area (Å²) in [6.07, 6.45) is 6.01. The van der Waals surface area contributed by atoms with Gasteiger partial charge in [-0.25, -0.2) is 0 Å². The Morgan fingerprint density at radius 3 is 2.54 bits per heavy atom. The topological polar surface area (TPSA) is 81.4 Å². The molecule has 7 heteroatoms. The van der Waals surface area contributed by atoms with E-state index in [1.807, 2.05) is 13.8 Å². The number of nitrogens with two attached hydrogens (primary N) is 1. The van der Waals surface area contributed by atoms with Crippen LogP contribution in [0.3, 0.4) is 0 Å². The largest absolute Gasteiger partial charge is 0.458 e. The normalized spacial score (nSPS) is 17.5. The van der Waals surface area contributed by atoms with Gasteiger partial charge in [0.05, 0.1) is 6.42 Å². The van der Waals surface area contributed by atoms with Crippen molar-refractivity contribution in [3.63, 3.8) is 0 Å². The van der Waals surface area contributed by atoms with Gasteiger partial charge in [-0.15, -0.1) is 0 Å². The molecule has 1 aliphatic rings. The number of hydrogen-bond acceptors (Lipinski definition) is 7. The van der Waals surface area contributed by atoms with E-state index in [9.17, 15) is 9.59 Å². The molecule has 0 aromatic heterocycles. The van der Waals surface area contributed by atoms with Crippen LogP contribution in [0.1, 0.15) is 52.4 Å². The molecule has 0 amide bonds. The smallest absolute Gasteiger partial charge is 0.307 e. The van der Waals surface area contributed by atoms with E-state index in [0.29, 0.717) is 13.1 Å². The highest BCUT2D eigenvalue weighted by molar-refractivity contribution is 8.76. The van der Waals surface area contributed by atoms with Crippen LogP contribution < -0.4 is 11.1 Å². The number of carbonyl (C=O) groups is 2. The van der Waals surface area contributed by atoms with E-state index in [0.717, 1.165) is 56.4 Å². The summed E-state index contributed by atoms with van der Waals surface area (Å²) in [5.41, 5.74) is 4.38. The molecule has 0 spiro atoms. The van der Waals surface area contributed by atoms with Gasteiger partial charge in [-0.1, -0.05) is 40.9 Å². The molecular formula is C17H32N2O3S2. The fraction of sp³-hybridized carbons (Fsp3) is 0.882. The Labute approximate surface area is 154 Å². The molecule has 140 valence electrons. The maximum atomic E-state index is 12.3. The van der Waals surface area contributed by atoms with Gasteiger partial charge in [0.15, 0.2) is 0 Å². The van der Waals surface area contributed by atoms with E-state index in [1.165, 1.54) is 0 Å². The van der Waals surface area contributed by atoms with Gasteiger partial charge in [0.2, 0.25) is 0 Å². The first-order valence-electron chi connectivity index (χ1n) is 8.76. The predicted molar refractivity (Wildman–Crippen MR) is 103 cm³/mol. The van der Waals surface area contributed by atoms with Crippen molar-refractivity contribution in [3.05, 3.63) is 0 Å². The standard InChI is InChI=1S/C17H32N2O3S2/c1-16(2,13-19-9-11-24-23-10-8-18)22-15(21)12-17(14-20)6-4-3-5-7-17/h14,19H,3-13,18H2,1-2H3. The minimum absolute atomic E-state index is 0.214. The average molecular weight is 377 g/mol. The predicted octanol–water partition coefficient (Wildman–Crippen LogP) is 2.78. The maximum Gasteiger partial charge on any atom is 0.307 e. The Morgan fingerprint density at radius 2 is 1.92 bits per heavy atom. The van der Waals surface area contributed by atoms with Crippen LogP contribution in [0.15, 0.2) is 0 Å². The molecule has 1 rings (SSSR count). The van der Waals surface area contributed by atoms with Gasteiger partial charge in [-0.2, -0.15) is 0 Å². The third-order valence-electron chi connectivity index (χ3n) is 4.18. The van der Waals surface area contributed by atoms with Crippen molar-refractivity contribution in [2.75, 3.05) is 31.1 Å². The van der Waals surface area contributed by atoms with E-state index in [4.69, 9.17) is 10.5 Å². The Morgan fingerprint density at radius 1 is 1.25 bits per heavy atom. The lowest BCUT2D eigenvalue weighted by atomic mass is 9.73. The summed E-state index contributed by atoms with van der Waals surface area (Å²) in [5, 5.41) is 3.32. The van der Waals surface area contributed by atoms with Crippen molar-refractivity contribution in [3.8, 4) is 0 Å². The van der Waals surface area contributed by atoms with Crippen molar-refractivity contribution in [2.45, 2.75) is 58.0 Å². The summed E-state index contributed by atoms with van der Waals surface area (Å²) < 4.78 is 5.62. The fourth-order valence-electron chi connectivity index (χ4n) is 2.93. The second-order valence-electron chi connectivity index (χ2n) is 7.06. The first-order valence-corrected chi connectivity index (χ1v) is 11.3. The van der Waals surface area contributed by atoms with E-state index >= 15 is 0 Å². The monoisotopic (exact) mass is 376 g/mol. The van der Waals surface area contributed by atoms with Gasteiger partial charge in [-0.05, 0) is 26.7 Å². The molecule has 0 atom stereocenters. The first kappa shape index (κ1) is 21.8. The summed E-state index contributed by atoms with van der Waals surface area (Å²) in [6.45, 7) is 5.98. The zero-order valence-electron chi connectivity index (χ0n) is 15.0. The van der Waals surface area contributed by atoms with Crippen molar-refractivity contribution >= 4 is 33.8 Å². The van der Waals surface area contributed by atoms with Gasteiger partial charge >= 0.3 is 5.97 Å². The van der Waals surface area contributed by atoms with Crippen LogP contribution in [0.25, 0.3) is 0 Å². The molecule has 0 aromatic rings. The molecule has 0 saturated heterocycles.